The number of aromatic nitrogens is 4. The third-order valence-electron chi connectivity index (χ3n) is 5.00. The Balaban J connectivity index is 1.86. The molecule has 0 bridgehead atoms. The fraction of sp³-hybridized carbons (Fsp3) is 0.389. The molecule has 1 aromatic carbocycles. The zero-order valence-corrected chi connectivity index (χ0v) is 16.5. The molecule has 1 saturated heterocycles. The number of nitrogens with one attached hydrogen (secondary N) is 1. The second-order valence-electron chi connectivity index (χ2n) is 6.82. The lowest BCUT2D eigenvalue weighted by Gasteiger charge is -2.28. The largest absolute Gasteiger partial charge is 0.419 e. The summed E-state index contributed by atoms with van der Waals surface area (Å²) in [6, 6.07) is -0.673. The maximum absolute atomic E-state index is 14.0. The van der Waals surface area contributed by atoms with Gasteiger partial charge in [-0.1, -0.05) is 0 Å². The molecule has 0 saturated carbocycles. The fourth-order valence-electron chi connectivity index (χ4n) is 3.39. The number of hydrogen-bond donors (Lipinski definition) is 1. The molecule has 4 rings (SSSR count). The number of anilines is 1. The molecule has 31 heavy (non-hydrogen) atoms. The predicted octanol–water partition coefficient (Wildman–Crippen LogP) is 2.05. The molecule has 8 nitrogen and oxygen atoms in total. The normalized spacial score (nSPS) is 14.5. The molecule has 13 heteroatoms. The molecule has 1 aliphatic rings. The smallest absolute Gasteiger partial charge is 0.306 e. The van der Waals surface area contributed by atoms with Gasteiger partial charge in [0.25, 0.3) is 5.56 Å². The number of aryl methyl sites for hydroxylation is 1. The van der Waals surface area contributed by atoms with Crippen molar-refractivity contribution in [2.45, 2.75) is 13.5 Å². The summed E-state index contributed by atoms with van der Waals surface area (Å²) in [5.41, 5.74) is -0.597. The van der Waals surface area contributed by atoms with E-state index in [4.69, 9.17) is 4.74 Å². The van der Waals surface area contributed by atoms with Crippen LogP contribution < -0.4 is 20.5 Å². The first-order chi connectivity index (χ1) is 14.8. The number of ether oxygens (including phenoxy) is 1. The van der Waals surface area contributed by atoms with Gasteiger partial charge in [0, 0.05) is 39.8 Å². The van der Waals surface area contributed by atoms with Crippen molar-refractivity contribution in [2.75, 3.05) is 31.1 Å². The van der Waals surface area contributed by atoms with E-state index >= 15 is 0 Å². The van der Waals surface area contributed by atoms with Gasteiger partial charge in [-0.15, -0.1) is 0 Å². The zero-order valence-electron chi connectivity index (χ0n) is 16.5. The Morgan fingerprint density at radius 2 is 1.55 bits per heavy atom. The van der Waals surface area contributed by atoms with Crippen LogP contribution in [0.25, 0.3) is 11.2 Å². The molecule has 1 N–H and O–H groups in total. The van der Waals surface area contributed by atoms with Gasteiger partial charge >= 0.3 is 6.01 Å². The first kappa shape index (κ1) is 21.0. The average molecular weight is 444 g/mol. The number of hydrogen-bond acceptors (Lipinski definition) is 6. The van der Waals surface area contributed by atoms with Crippen LogP contribution in [0, 0.1) is 29.1 Å². The minimum Gasteiger partial charge on any atom is -0.419 e. The predicted molar refractivity (Wildman–Crippen MR) is 99.8 cm³/mol. The van der Waals surface area contributed by atoms with Crippen LogP contribution in [0.3, 0.4) is 0 Å². The summed E-state index contributed by atoms with van der Waals surface area (Å²) in [6.07, 6.45) is 0. The molecule has 0 atom stereocenters. The first-order valence-electron chi connectivity index (χ1n) is 9.38. The van der Waals surface area contributed by atoms with Crippen LogP contribution in [0.1, 0.15) is 6.92 Å². The van der Waals surface area contributed by atoms with Gasteiger partial charge in [-0.05, 0) is 6.92 Å². The van der Waals surface area contributed by atoms with Gasteiger partial charge < -0.3 is 19.5 Å². The molecule has 1 aliphatic heterocycles. The van der Waals surface area contributed by atoms with Crippen LogP contribution in [-0.2, 0) is 13.6 Å². The lowest BCUT2D eigenvalue weighted by atomic mass is 10.2. The quantitative estimate of drug-likeness (QED) is 0.377. The summed E-state index contributed by atoms with van der Waals surface area (Å²) in [7, 11) is 1.20. The van der Waals surface area contributed by atoms with E-state index in [1.165, 1.54) is 7.05 Å². The number of rotatable bonds is 4. The van der Waals surface area contributed by atoms with Crippen LogP contribution >= 0.6 is 0 Å². The van der Waals surface area contributed by atoms with Gasteiger partial charge in [-0.2, -0.15) is 18.7 Å². The van der Waals surface area contributed by atoms with E-state index < -0.39 is 46.4 Å². The molecule has 0 unspecified atom stereocenters. The molecule has 0 spiro atoms. The summed E-state index contributed by atoms with van der Waals surface area (Å²) in [6.45, 7) is 4.91. The molecule has 0 amide bonds. The maximum Gasteiger partial charge on any atom is 0.306 e. The molecule has 166 valence electrons. The molecule has 2 aromatic heterocycles. The van der Waals surface area contributed by atoms with Gasteiger partial charge in [0.1, 0.15) is 0 Å². The molecule has 0 radical (unpaired) electrons. The second kappa shape index (κ2) is 7.80. The lowest BCUT2D eigenvalue weighted by Crippen LogP contribution is -2.44. The third kappa shape index (κ3) is 3.28. The van der Waals surface area contributed by atoms with Crippen molar-refractivity contribution in [3.8, 4) is 11.8 Å². The van der Waals surface area contributed by atoms with E-state index in [2.05, 4.69) is 15.3 Å². The number of nitrogens with zero attached hydrogens (tertiary/aromatic N) is 5. The highest BCUT2D eigenvalue weighted by Crippen LogP contribution is 2.32. The summed E-state index contributed by atoms with van der Waals surface area (Å²) in [5.74, 6) is -12.1. The second-order valence-corrected chi connectivity index (χ2v) is 6.82. The number of fused-ring (bicyclic) bond motifs is 1. The summed E-state index contributed by atoms with van der Waals surface area (Å²) < 4.78 is 75.6. The van der Waals surface area contributed by atoms with Gasteiger partial charge in [0.2, 0.25) is 40.8 Å². The number of benzene rings is 1. The van der Waals surface area contributed by atoms with E-state index in [9.17, 15) is 26.7 Å². The van der Waals surface area contributed by atoms with Gasteiger partial charge in [-0.25, -0.2) is 13.2 Å². The summed E-state index contributed by atoms with van der Waals surface area (Å²) in [5, 5.41) is 3.20. The Morgan fingerprint density at radius 1 is 0.968 bits per heavy atom. The summed E-state index contributed by atoms with van der Waals surface area (Å²) in [4.78, 5) is 23.3. The van der Waals surface area contributed by atoms with Gasteiger partial charge in [0.15, 0.2) is 11.2 Å². The van der Waals surface area contributed by atoms with E-state index in [0.717, 1.165) is 4.57 Å². The van der Waals surface area contributed by atoms with Crippen molar-refractivity contribution in [3.05, 3.63) is 39.4 Å². The molecule has 0 aliphatic carbocycles. The lowest BCUT2D eigenvalue weighted by molar-refractivity contribution is 0.316. The molecule has 1 fully saturated rings. The number of imidazole rings is 1. The van der Waals surface area contributed by atoms with Crippen molar-refractivity contribution in [1.29, 1.82) is 0 Å². The number of halogens is 5. The Morgan fingerprint density at radius 3 is 2.13 bits per heavy atom. The standard InChI is InChI=1S/C18H17F5N6O2/c1-3-29-13-15(25-17(29)28-6-4-24-5-7-28)26-18(27(2)16(13)30)31-14-11(22)9(20)8(19)10(21)12(14)23/h24H,3-7H2,1-2H3. The van der Waals surface area contributed by atoms with Crippen molar-refractivity contribution in [1.82, 2.24) is 24.4 Å². The third-order valence-corrected chi connectivity index (χ3v) is 5.00. The SMILES string of the molecule is CCn1c(N2CCNCC2)nc2nc(Oc3c(F)c(F)c(F)c(F)c3F)n(C)c(=O)c21. The highest BCUT2D eigenvalue weighted by molar-refractivity contribution is 5.74. The van der Waals surface area contributed by atoms with E-state index in [1.807, 2.05) is 11.8 Å². The monoisotopic (exact) mass is 444 g/mol. The summed E-state index contributed by atoms with van der Waals surface area (Å²) >= 11 is 0. The van der Waals surface area contributed by atoms with Crippen molar-refractivity contribution < 1.29 is 26.7 Å². The Kier molecular flexibility index (Phi) is 5.29. The van der Waals surface area contributed by atoms with E-state index in [1.54, 1.807) is 4.57 Å². The molecule has 3 heterocycles. The van der Waals surface area contributed by atoms with Crippen molar-refractivity contribution in [3.63, 3.8) is 0 Å². The Hall–Kier alpha value is -3.22. The Labute approximate surface area is 171 Å². The highest BCUT2D eigenvalue weighted by atomic mass is 19.2. The molecule has 3 aromatic rings. The van der Waals surface area contributed by atoms with E-state index in [-0.39, 0.29) is 11.2 Å². The molecular weight excluding hydrogens is 427 g/mol. The number of piperazine rings is 1. The fourth-order valence-corrected chi connectivity index (χ4v) is 3.39. The van der Waals surface area contributed by atoms with Crippen LogP contribution in [0.4, 0.5) is 27.9 Å². The first-order valence-corrected chi connectivity index (χ1v) is 9.38. The van der Waals surface area contributed by atoms with Gasteiger partial charge in [0.05, 0.1) is 0 Å². The van der Waals surface area contributed by atoms with Crippen molar-refractivity contribution in [2.24, 2.45) is 7.05 Å². The van der Waals surface area contributed by atoms with Crippen molar-refractivity contribution >= 4 is 17.1 Å². The van der Waals surface area contributed by atoms with Crippen LogP contribution in [0.15, 0.2) is 4.79 Å². The van der Waals surface area contributed by atoms with Crippen LogP contribution in [0.5, 0.6) is 11.8 Å². The zero-order chi connectivity index (χ0) is 22.4. The van der Waals surface area contributed by atoms with Crippen LogP contribution in [-0.4, -0.2) is 45.3 Å². The average Bonchev–Trinajstić information content (AvgIpc) is 3.16. The van der Waals surface area contributed by atoms with E-state index in [0.29, 0.717) is 38.7 Å². The Bertz CT molecular complexity index is 1210. The van der Waals surface area contributed by atoms with Crippen LogP contribution in [0.2, 0.25) is 0 Å². The van der Waals surface area contributed by atoms with Gasteiger partial charge in [-0.3, -0.25) is 9.36 Å². The minimum atomic E-state index is -2.32. The molecular formula is C18H17F5N6O2. The topological polar surface area (TPSA) is 77.2 Å². The highest BCUT2D eigenvalue weighted by Gasteiger charge is 2.29. The maximum atomic E-state index is 14.0. The minimum absolute atomic E-state index is 0.0719.